The predicted molar refractivity (Wildman–Crippen MR) is 121 cm³/mol. The number of benzene rings is 2. The molecule has 1 fully saturated rings. The summed E-state index contributed by atoms with van der Waals surface area (Å²) in [6.45, 7) is 3.56. The fourth-order valence-electron chi connectivity index (χ4n) is 5.20. The van der Waals surface area contributed by atoms with Gasteiger partial charge in [-0.1, -0.05) is 42.5 Å². The van der Waals surface area contributed by atoms with Crippen LogP contribution in [0, 0.1) is 13.8 Å². The number of carbonyl (C=O) groups excluding carboxylic acids is 3. The van der Waals surface area contributed by atoms with Gasteiger partial charge in [-0.15, -0.1) is 0 Å². The molecule has 6 heteroatoms. The Balaban J connectivity index is 1.44. The van der Waals surface area contributed by atoms with Gasteiger partial charge in [0.1, 0.15) is 5.54 Å². The fraction of sp³-hybridized carbons (Fsp3) is 0.269. The van der Waals surface area contributed by atoms with Gasteiger partial charge in [-0.2, -0.15) is 0 Å². The van der Waals surface area contributed by atoms with E-state index in [1.165, 1.54) is 0 Å². The maximum atomic E-state index is 13.5. The van der Waals surface area contributed by atoms with Crippen LogP contribution in [0.2, 0.25) is 0 Å². The maximum absolute atomic E-state index is 13.5. The van der Waals surface area contributed by atoms with Gasteiger partial charge in [0.05, 0.1) is 6.54 Å². The number of aromatic nitrogens is 1. The maximum Gasteiger partial charge on any atom is 0.325 e. The number of urea groups is 1. The first kappa shape index (κ1) is 20.2. The average Bonchev–Trinajstić information content (AvgIpc) is 3.22. The first-order valence-electron chi connectivity index (χ1n) is 10.9. The van der Waals surface area contributed by atoms with Crippen molar-refractivity contribution in [3.8, 4) is 5.69 Å². The molecule has 0 unspecified atom stereocenters. The van der Waals surface area contributed by atoms with Gasteiger partial charge in [0.2, 0.25) is 0 Å². The Kier molecular flexibility index (Phi) is 4.73. The molecule has 3 amide bonds. The van der Waals surface area contributed by atoms with E-state index in [-0.39, 0.29) is 18.2 Å². The van der Waals surface area contributed by atoms with E-state index in [1.807, 2.05) is 79.1 Å². The second kappa shape index (κ2) is 7.48. The second-order valence-corrected chi connectivity index (χ2v) is 8.62. The van der Waals surface area contributed by atoms with Crippen LogP contribution in [0.3, 0.4) is 0 Å². The van der Waals surface area contributed by atoms with E-state index >= 15 is 0 Å². The van der Waals surface area contributed by atoms with Gasteiger partial charge >= 0.3 is 6.03 Å². The fourth-order valence-corrected chi connectivity index (χ4v) is 5.20. The molecule has 0 saturated carbocycles. The number of amides is 3. The van der Waals surface area contributed by atoms with Crippen molar-refractivity contribution in [3.05, 3.63) is 88.7 Å². The number of carbonyl (C=O) groups is 3. The van der Waals surface area contributed by atoms with Gasteiger partial charge in [-0.25, -0.2) is 4.79 Å². The van der Waals surface area contributed by atoms with E-state index in [2.05, 4.69) is 5.32 Å². The van der Waals surface area contributed by atoms with Crippen LogP contribution in [0.5, 0.6) is 0 Å². The molecule has 1 aliphatic heterocycles. The van der Waals surface area contributed by atoms with Gasteiger partial charge < -0.3 is 9.88 Å². The third kappa shape index (κ3) is 2.98. The van der Waals surface area contributed by atoms with Crippen molar-refractivity contribution in [1.82, 2.24) is 14.8 Å². The van der Waals surface area contributed by atoms with Gasteiger partial charge in [-0.3, -0.25) is 14.5 Å². The van der Waals surface area contributed by atoms with Crippen molar-refractivity contribution in [3.63, 3.8) is 0 Å². The van der Waals surface area contributed by atoms with Crippen LogP contribution in [0.25, 0.3) is 5.69 Å². The topological polar surface area (TPSA) is 71.4 Å². The Morgan fingerprint density at radius 2 is 1.75 bits per heavy atom. The van der Waals surface area contributed by atoms with Crippen molar-refractivity contribution < 1.29 is 14.4 Å². The zero-order chi connectivity index (χ0) is 22.5. The minimum Gasteiger partial charge on any atom is -0.319 e. The number of Topliss-reactive ketones (excluding diaryl/α,β-unsaturated/α-hetero) is 1. The number of ketones is 1. The van der Waals surface area contributed by atoms with E-state index in [0.717, 1.165) is 45.9 Å². The summed E-state index contributed by atoms with van der Waals surface area (Å²) in [4.78, 5) is 40.7. The van der Waals surface area contributed by atoms with Crippen molar-refractivity contribution in [2.45, 2.75) is 38.6 Å². The zero-order valence-electron chi connectivity index (χ0n) is 18.2. The number of nitrogens with one attached hydrogen (secondary N) is 1. The molecule has 1 aromatic heterocycles. The van der Waals surface area contributed by atoms with Crippen LogP contribution in [0.4, 0.5) is 4.79 Å². The smallest absolute Gasteiger partial charge is 0.319 e. The van der Waals surface area contributed by atoms with Crippen LogP contribution >= 0.6 is 0 Å². The SMILES string of the molecule is Cc1cc(C(=O)CN2C(=O)N[C@]3(CCCc4ccccc43)C2=O)c(C)n1-c1ccccc1. The van der Waals surface area contributed by atoms with Crippen LogP contribution < -0.4 is 5.32 Å². The quantitative estimate of drug-likeness (QED) is 0.504. The lowest BCUT2D eigenvalue weighted by Crippen LogP contribution is -2.46. The van der Waals surface area contributed by atoms with E-state index in [9.17, 15) is 14.4 Å². The van der Waals surface area contributed by atoms with Gasteiger partial charge in [-0.05, 0) is 62.4 Å². The number of nitrogens with zero attached hydrogens (tertiary/aromatic N) is 2. The van der Waals surface area contributed by atoms with Crippen molar-refractivity contribution in [2.75, 3.05) is 6.54 Å². The lowest BCUT2D eigenvalue weighted by Gasteiger charge is -2.33. The van der Waals surface area contributed by atoms with Crippen molar-refractivity contribution >= 4 is 17.7 Å². The molecular weight excluding hydrogens is 402 g/mol. The Morgan fingerprint density at radius 1 is 1.03 bits per heavy atom. The second-order valence-electron chi connectivity index (χ2n) is 8.62. The summed E-state index contributed by atoms with van der Waals surface area (Å²) in [6.07, 6.45) is 2.23. The molecule has 2 heterocycles. The minimum absolute atomic E-state index is 0.245. The summed E-state index contributed by atoms with van der Waals surface area (Å²) in [5.41, 5.74) is 4.07. The van der Waals surface area contributed by atoms with E-state index in [0.29, 0.717) is 12.0 Å². The number of imide groups is 1. The molecule has 162 valence electrons. The summed E-state index contributed by atoms with van der Waals surface area (Å²) in [7, 11) is 0. The average molecular weight is 428 g/mol. The number of aryl methyl sites for hydroxylation is 2. The van der Waals surface area contributed by atoms with Crippen molar-refractivity contribution in [2.24, 2.45) is 0 Å². The third-order valence-corrected chi connectivity index (χ3v) is 6.70. The summed E-state index contributed by atoms with van der Waals surface area (Å²) in [6, 6.07) is 18.9. The summed E-state index contributed by atoms with van der Waals surface area (Å²) in [5, 5.41) is 2.92. The molecule has 1 N–H and O–H groups in total. The molecule has 1 saturated heterocycles. The first-order chi connectivity index (χ1) is 15.4. The molecule has 3 aromatic rings. The highest BCUT2D eigenvalue weighted by Gasteiger charge is 2.54. The van der Waals surface area contributed by atoms with E-state index in [1.54, 1.807) is 0 Å². The number of fused-ring (bicyclic) bond motifs is 2. The molecule has 6 nitrogen and oxygen atoms in total. The molecule has 5 rings (SSSR count). The van der Waals surface area contributed by atoms with Gasteiger partial charge in [0, 0.05) is 22.6 Å². The molecule has 2 aliphatic rings. The van der Waals surface area contributed by atoms with Crippen LogP contribution in [0.15, 0.2) is 60.7 Å². The number of para-hydroxylation sites is 1. The van der Waals surface area contributed by atoms with Gasteiger partial charge in [0.15, 0.2) is 5.78 Å². The zero-order valence-corrected chi connectivity index (χ0v) is 18.2. The molecule has 1 aliphatic carbocycles. The molecule has 1 spiro atoms. The highest BCUT2D eigenvalue weighted by atomic mass is 16.2. The first-order valence-corrected chi connectivity index (χ1v) is 10.9. The van der Waals surface area contributed by atoms with E-state index in [4.69, 9.17) is 0 Å². The highest BCUT2D eigenvalue weighted by molar-refractivity contribution is 6.12. The summed E-state index contributed by atoms with van der Waals surface area (Å²) >= 11 is 0. The Morgan fingerprint density at radius 3 is 2.53 bits per heavy atom. The predicted octanol–water partition coefficient (Wildman–Crippen LogP) is 4.06. The molecule has 32 heavy (non-hydrogen) atoms. The molecule has 0 bridgehead atoms. The Bertz CT molecular complexity index is 1240. The standard InChI is InChI=1S/C26H25N3O3/c1-17-15-21(18(2)29(17)20-11-4-3-5-12-20)23(30)16-28-24(31)26(27-25(28)32)14-8-10-19-9-6-7-13-22(19)26/h3-7,9,11-13,15H,8,10,14,16H2,1-2H3,(H,27,32)/t26-/m0/s1. The van der Waals surface area contributed by atoms with Crippen LogP contribution in [-0.4, -0.2) is 33.7 Å². The number of hydrogen-bond donors (Lipinski definition) is 1. The number of rotatable bonds is 4. The lowest BCUT2D eigenvalue weighted by molar-refractivity contribution is -0.131. The Hall–Kier alpha value is -3.67. The van der Waals surface area contributed by atoms with E-state index < -0.39 is 11.6 Å². The summed E-state index contributed by atoms with van der Waals surface area (Å²) in [5.74, 6) is -0.579. The summed E-state index contributed by atoms with van der Waals surface area (Å²) < 4.78 is 2.01. The van der Waals surface area contributed by atoms with Crippen LogP contribution in [0.1, 0.15) is 45.7 Å². The molecule has 0 radical (unpaired) electrons. The highest BCUT2D eigenvalue weighted by Crippen LogP contribution is 2.40. The van der Waals surface area contributed by atoms with Crippen LogP contribution in [-0.2, 0) is 16.8 Å². The molecule has 1 atom stereocenters. The largest absolute Gasteiger partial charge is 0.325 e. The lowest BCUT2D eigenvalue weighted by atomic mass is 9.76. The monoisotopic (exact) mass is 427 g/mol. The minimum atomic E-state index is -1.06. The van der Waals surface area contributed by atoms with Crippen molar-refractivity contribution in [1.29, 1.82) is 0 Å². The molecule has 2 aromatic carbocycles. The third-order valence-electron chi connectivity index (χ3n) is 6.70. The Labute approximate surface area is 186 Å². The number of hydrogen-bond acceptors (Lipinski definition) is 3. The normalized spacial score (nSPS) is 19.9. The van der Waals surface area contributed by atoms with Gasteiger partial charge in [0.25, 0.3) is 5.91 Å². The molecular formula is C26H25N3O3.